The van der Waals surface area contributed by atoms with Gasteiger partial charge in [-0.25, -0.2) is 0 Å². The van der Waals surface area contributed by atoms with Gasteiger partial charge < -0.3 is 19.7 Å². The fraction of sp³-hybridized carbons (Fsp3) is 0.684. The van der Waals surface area contributed by atoms with Crippen LogP contribution in [-0.2, 0) is 11.1 Å². The van der Waals surface area contributed by atoms with Gasteiger partial charge in [0.15, 0.2) is 11.5 Å². The monoisotopic (exact) mass is 339 g/mol. The van der Waals surface area contributed by atoms with Crippen LogP contribution in [0.3, 0.4) is 0 Å². The minimum atomic E-state index is -2.59. The van der Waals surface area contributed by atoms with Crippen LogP contribution in [0.1, 0.15) is 43.2 Å². The van der Waals surface area contributed by atoms with Gasteiger partial charge in [0.25, 0.3) is 0 Å². The Kier molecular flexibility index (Phi) is 4.43. The smallest absolute Gasteiger partial charge is 0.160 e. The Morgan fingerprint density at radius 3 is 2.83 bits per heavy atom. The van der Waals surface area contributed by atoms with Crippen LogP contribution >= 0.6 is 0 Å². The van der Waals surface area contributed by atoms with Crippen LogP contribution in [-0.4, -0.2) is 60.1 Å². The summed E-state index contributed by atoms with van der Waals surface area (Å²) < 4.78 is 44.2. The molecule has 0 bridgehead atoms. The van der Waals surface area contributed by atoms with Gasteiger partial charge in [-0.1, -0.05) is 18.9 Å². The number of hydrogen-bond donors (Lipinski definition) is 2. The highest BCUT2D eigenvalue weighted by Gasteiger charge is 2.34. The lowest BCUT2D eigenvalue weighted by Gasteiger charge is -2.37. The molecule has 1 aromatic carbocycles. The van der Waals surface area contributed by atoms with E-state index in [1.807, 2.05) is 0 Å². The van der Waals surface area contributed by atoms with Gasteiger partial charge in [0.1, 0.15) is 0 Å². The van der Waals surface area contributed by atoms with E-state index in [1.165, 1.54) is 25.3 Å². The Balaban J connectivity index is 1.79. The minimum absolute atomic E-state index is 0.0141. The number of β-amino-alcohol motifs (C(OH)–C–C–N with tert-alkyl or cyclic N) is 1. The van der Waals surface area contributed by atoms with Gasteiger partial charge >= 0.3 is 0 Å². The summed E-state index contributed by atoms with van der Waals surface area (Å²) in [5.41, 5.74) is -0.0141. The number of aromatic hydroxyl groups is 1. The van der Waals surface area contributed by atoms with Crippen molar-refractivity contribution in [1.29, 1.82) is 0 Å². The van der Waals surface area contributed by atoms with Crippen molar-refractivity contribution in [2.24, 2.45) is 0 Å². The number of rotatable bonds is 6. The highest BCUT2D eigenvalue weighted by molar-refractivity contribution is 5.41. The van der Waals surface area contributed by atoms with E-state index in [-0.39, 0.29) is 29.2 Å². The average Bonchev–Trinajstić information content (AvgIpc) is 3.07. The Hall–Kier alpha value is -1.30. The molecule has 24 heavy (non-hydrogen) atoms. The number of aliphatic hydroxyl groups excluding tert-OH is 1. The van der Waals surface area contributed by atoms with E-state index >= 15 is 0 Å². The van der Waals surface area contributed by atoms with E-state index < -0.39 is 19.0 Å². The molecule has 2 fully saturated rings. The quantitative estimate of drug-likeness (QED) is 0.833. The van der Waals surface area contributed by atoms with E-state index in [0.29, 0.717) is 19.4 Å². The van der Waals surface area contributed by atoms with Crippen LogP contribution in [0, 0.1) is 0 Å². The largest absolute Gasteiger partial charge is 0.504 e. The molecule has 5 heteroatoms. The number of methoxy groups -OCH3 is 1. The molecule has 1 saturated carbocycles. The van der Waals surface area contributed by atoms with Gasteiger partial charge in [-0.3, -0.25) is 4.90 Å². The van der Waals surface area contributed by atoms with Gasteiger partial charge in [0, 0.05) is 21.9 Å². The third-order valence-corrected chi connectivity index (χ3v) is 4.92. The number of nitrogens with zero attached hydrogens (tertiary/aromatic N) is 1. The van der Waals surface area contributed by atoms with Crippen LogP contribution < -0.4 is 4.74 Å². The molecule has 0 unspecified atom stereocenters. The third kappa shape index (κ3) is 4.21. The van der Waals surface area contributed by atoms with Gasteiger partial charge in [-0.05, 0) is 43.3 Å². The lowest BCUT2D eigenvalue weighted by Crippen LogP contribution is -2.46. The van der Waals surface area contributed by atoms with Crippen molar-refractivity contribution in [2.45, 2.75) is 56.7 Å². The first-order chi connectivity index (χ1) is 13.2. The standard InChI is InChI=1S/C19H29NO4/c1-23-19-7-6-14(12-17(19)22)9-11-24-18-5-3-2-4-16(18)20-10-8-15(21)13-20/h6-7,12,15-16,18,21-22H,2-5,8-11,13H2,1H3/t15-,16-,18-/m1/s1/i9D2,11D2. The molecule has 1 aromatic rings. The van der Waals surface area contributed by atoms with Gasteiger partial charge in [-0.2, -0.15) is 0 Å². The van der Waals surface area contributed by atoms with E-state index in [9.17, 15) is 10.2 Å². The summed E-state index contributed by atoms with van der Waals surface area (Å²) in [6, 6.07) is 3.96. The maximum absolute atomic E-state index is 9.97. The van der Waals surface area contributed by atoms with Crippen molar-refractivity contribution in [3.8, 4) is 11.5 Å². The van der Waals surface area contributed by atoms with E-state index in [1.54, 1.807) is 0 Å². The van der Waals surface area contributed by atoms with Crippen LogP contribution in [0.5, 0.6) is 11.5 Å². The average molecular weight is 339 g/mol. The van der Waals surface area contributed by atoms with Crippen molar-refractivity contribution in [1.82, 2.24) is 4.90 Å². The first-order valence-electron chi connectivity index (χ1n) is 10.6. The molecule has 3 atom stereocenters. The highest BCUT2D eigenvalue weighted by atomic mass is 16.5. The first kappa shape index (κ1) is 13.0. The molecular formula is C19H29NO4. The fourth-order valence-electron chi connectivity index (χ4n) is 3.63. The topological polar surface area (TPSA) is 62.2 Å². The molecule has 2 N–H and O–H groups in total. The zero-order valence-electron chi connectivity index (χ0n) is 18.1. The molecule has 134 valence electrons. The summed E-state index contributed by atoms with van der Waals surface area (Å²) in [5.74, 6) is -0.0535. The maximum Gasteiger partial charge on any atom is 0.160 e. The van der Waals surface area contributed by atoms with Crippen molar-refractivity contribution in [3.63, 3.8) is 0 Å². The molecule has 0 amide bonds. The molecule has 0 radical (unpaired) electrons. The van der Waals surface area contributed by atoms with E-state index in [2.05, 4.69) is 4.90 Å². The molecule has 3 rings (SSSR count). The number of ether oxygens (including phenoxy) is 2. The molecule has 1 heterocycles. The second-order valence-corrected chi connectivity index (χ2v) is 6.56. The second-order valence-electron chi connectivity index (χ2n) is 6.56. The third-order valence-electron chi connectivity index (χ3n) is 4.92. The van der Waals surface area contributed by atoms with E-state index in [0.717, 1.165) is 25.8 Å². The predicted octanol–water partition coefficient (Wildman–Crippen LogP) is 2.34. The Labute approximate surface area is 149 Å². The number of aryl methyl sites for hydroxylation is 1. The Morgan fingerprint density at radius 1 is 1.29 bits per heavy atom. The number of phenolic OH excluding ortho intramolecular Hbond substituents is 1. The van der Waals surface area contributed by atoms with Crippen LogP contribution in [0.15, 0.2) is 18.2 Å². The van der Waals surface area contributed by atoms with Crippen molar-refractivity contribution in [2.75, 3.05) is 26.8 Å². The maximum atomic E-state index is 9.97. The van der Waals surface area contributed by atoms with Crippen LogP contribution in [0.2, 0.25) is 0 Å². The highest BCUT2D eigenvalue weighted by Crippen LogP contribution is 2.29. The molecule has 1 aliphatic heterocycles. The molecular weight excluding hydrogens is 306 g/mol. The van der Waals surface area contributed by atoms with Crippen LogP contribution in [0.4, 0.5) is 0 Å². The van der Waals surface area contributed by atoms with Gasteiger partial charge in [0.2, 0.25) is 0 Å². The van der Waals surface area contributed by atoms with Gasteiger partial charge in [-0.15, -0.1) is 0 Å². The van der Waals surface area contributed by atoms with Crippen molar-refractivity contribution in [3.05, 3.63) is 23.8 Å². The number of benzene rings is 1. The van der Waals surface area contributed by atoms with Gasteiger partial charge in [0.05, 0.1) is 28.6 Å². The zero-order chi connectivity index (χ0) is 20.5. The number of likely N-dealkylation sites (tertiary alicyclic amines) is 1. The number of phenols is 1. The van der Waals surface area contributed by atoms with E-state index in [4.69, 9.17) is 15.0 Å². The SMILES string of the molecule is [2H]C([2H])(O[C@@H]1CCCC[C@H]1N1CC[C@@H](O)C1)C([2H])([2H])c1ccc(OC)c(O)c1. The molecule has 0 spiro atoms. The summed E-state index contributed by atoms with van der Waals surface area (Å²) in [4.78, 5) is 2.14. The minimum Gasteiger partial charge on any atom is -0.504 e. The molecule has 0 aromatic heterocycles. The molecule has 1 saturated heterocycles. The molecule has 5 nitrogen and oxygen atoms in total. The predicted molar refractivity (Wildman–Crippen MR) is 92.6 cm³/mol. The lowest BCUT2D eigenvalue weighted by molar-refractivity contribution is -0.0316. The summed E-state index contributed by atoms with van der Waals surface area (Å²) in [6.45, 7) is -1.30. The first-order valence-corrected chi connectivity index (χ1v) is 8.63. The molecule has 2 aliphatic rings. The van der Waals surface area contributed by atoms with Crippen molar-refractivity contribution < 1.29 is 25.2 Å². The normalized spacial score (nSPS) is 31.8. The molecule has 1 aliphatic carbocycles. The summed E-state index contributed by atoms with van der Waals surface area (Å²) in [5, 5.41) is 19.8. The Bertz CT molecular complexity index is 688. The number of aliphatic hydroxyl groups is 1. The van der Waals surface area contributed by atoms with Crippen molar-refractivity contribution >= 4 is 0 Å². The summed E-state index contributed by atoms with van der Waals surface area (Å²) >= 11 is 0. The fourth-order valence-corrected chi connectivity index (χ4v) is 3.63. The number of hydrogen-bond acceptors (Lipinski definition) is 5. The second kappa shape index (κ2) is 8.19. The summed E-state index contributed by atoms with van der Waals surface area (Å²) in [7, 11) is 1.39. The Morgan fingerprint density at radius 2 is 2.12 bits per heavy atom. The van der Waals surface area contributed by atoms with Crippen LogP contribution in [0.25, 0.3) is 0 Å². The zero-order valence-corrected chi connectivity index (χ0v) is 14.1. The lowest BCUT2D eigenvalue weighted by atomic mass is 9.91. The summed E-state index contributed by atoms with van der Waals surface area (Å²) in [6.07, 6.45) is 0.828.